The smallest absolute Gasteiger partial charge is 0.162 e. The summed E-state index contributed by atoms with van der Waals surface area (Å²) in [5.41, 5.74) is 0.660. The fraction of sp³-hybridized carbons (Fsp3) is 0.733. The molecule has 4 nitrogen and oxygen atoms in total. The molecule has 1 saturated carbocycles. The van der Waals surface area contributed by atoms with E-state index in [1.807, 2.05) is 0 Å². The molecule has 0 bridgehead atoms. The van der Waals surface area contributed by atoms with E-state index in [0.29, 0.717) is 27.5 Å². The zero-order valence-corrected chi connectivity index (χ0v) is 15.3. The zero-order chi connectivity index (χ0) is 15.7. The van der Waals surface area contributed by atoms with Gasteiger partial charge in [0, 0.05) is 14.2 Å². The molecule has 0 amide bonds. The van der Waals surface area contributed by atoms with E-state index in [2.05, 4.69) is 39.7 Å². The van der Waals surface area contributed by atoms with Crippen LogP contribution in [0.3, 0.4) is 0 Å². The van der Waals surface area contributed by atoms with E-state index in [0.717, 1.165) is 31.4 Å². The number of rotatable bonds is 4. The maximum absolute atomic E-state index is 6.24. The first-order chi connectivity index (χ1) is 9.83. The van der Waals surface area contributed by atoms with Crippen LogP contribution in [0.5, 0.6) is 0 Å². The van der Waals surface area contributed by atoms with E-state index in [-0.39, 0.29) is 0 Å². The van der Waals surface area contributed by atoms with Crippen LogP contribution in [-0.2, 0) is 21.7 Å². The van der Waals surface area contributed by atoms with Gasteiger partial charge in [-0.25, -0.2) is 9.97 Å². The number of nitrogens with zero attached hydrogens (tertiary/aromatic N) is 2. The summed E-state index contributed by atoms with van der Waals surface area (Å²) < 4.78 is 11.7. The third-order valence-corrected chi connectivity index (χ3v) is 5.70. The fourth-order valence-electron chi connectivity index (χ4n) is 2.75. The normalized spacial score (nSPS) is 20.5. The van der Waals surface area contributed by atoms with Gasteiger partial charge in [-0.3, -0.25) is 0 Å². The Morgan fingerprint density at radius 1 is 1.14 bits per heavy atom. The van der Waals surface area contributed by atoms with Crippen molar-refractivity contribution in [3.63, 3.8) is 0 Å². The lowest BCUT2D eigenvalue weighted by Crippen LogP contribution is -2.38. The number of methoxy groups -OCH3 is 2. The van der Waals surface area contributed by atoms with Crippen LogP contribution < -0.4 is 0 Å². The van der Waals surface area contributed by atoms with Crippen molar-refractivity contribution in [2.75, 3.05) is 14.2 Å². The van der Waals surface area contributed by atoms with E-state index >= 15 is 0 Å². The van der Waals surface area contributed by atoms with Crippen LogP contribution in [0.4, 0.5) is 0 Å². The number of aromatic nitrogens is 2. The summed E-state index contributed by atoms with van der Waals surface area (Å²) in [6.07, 6.45) is 3.97. The second kappa shape index (κ2) is 6.49. The molecule has 1 aromatic rings. The molecule has 0 saturated heterocycles. The van der Waals surface area contributed by atoms with Crippen molar-refractivity contribution < 1.29 is 9.47 Å². The van der Waals surface area contributed by atoms with Crippen LogP contribution in [-0.4, -0.2) is 24.2 Å². The number of hydrogen-bond donors (Lipinski definition) is 0. The Morgan fingerprint density at radius 3 is 2.29 bits per heavy atom. The average Bonchev–Trinajstić information content (AvgIpc) is 2.44. The van der Waals surface area contributed by atoms with Gasteiger partial charge in [0.25, 0.3) is 0 Å². The number of halogens is 2. The number of hydrogen-bond acceptors (Lipinski definition) is 4. The Bertz CT molecular complexity index is 513. The standard InChI is InChI=1S/C15H22BrClN2O2/c1-14(2)5-7-15(21-4,8-6-14)13-18-10(9-20-3)11(16)12(17)19-13/h5-9H2,1-4H3. The molecule has 0 N–H and O–H groups in total. The summed E-state index contributed by atoms with van der Waals surface area (Å²) in [7, 11) is 3.37. The summed E-state index contributed by atoms with van der Waals surface area (Å²) in [5.74, 6) is 0.667. The lowest BCUT2D eigenvalue weighted by Gasteiger charge is -2.41. The second-order valence-electron chi connectivity index (χ2n) is 6.39. The van der Waals surface area contributed by atoms with Crippen molar-refractivity contribution in [1.29, 1.82) is 0 Å². The van der Waals surface area contributed by atoms with E-state index in [1.165, 1.54) is 0 Å². The Hall–Kier alpha value is -0.230. The van der Waals surface area contributed by atoms with Crippen molar-refractivity contribution in [2.45, 2.75) is 51.7 Å². The van der Waals surface area contributed by atoms with Gasteiger partial charge < -0.3 is 9.47 Å². The van der Waals surface area contributed by atoms with Gasteiger partial charge in [0.15, 0.2) is 5.82 Å². The molecule has 1 aromatic heterocycles. The van der Waals surface area contributed by atoms with E-state index < -0.39 is 5.60 Å². The highest BCUT2D eigenvalue weighted by atomic mass is 79.9. The Labute approximate surface area is 139 Å². The molecule has 1 fully saturated rings. The van der Waals surface area contributed by atoms with Crippen molar-refractivity contribution in [3.8, 4) is 0 Å². The summed E-state index contributed by atoms with van der Waals surface area (Å²) in [6.45, 7) is 4.97. The SMILES string of the molecule is COCc1nc(C2(OC)CCC(C)(C)CC2)nc(Cl)c1Br. The van der Waals surface area contributed by atoms with Crippen LogP contribution in [0, 0.1) is 5.41 Å². The maximum Gasteiger partial charge on any atom is 0.162 e. The lowest BCUT2D eigenvalue weighted by molar-refractivity contribution is -0.0732. The van der Waals surface area contributed by atoms with Gasteiger partial charge in [-0.1, -0.05) is 25.4 Å². The topological polar surface area (TPSA) is 44.2 Å². The molecule has 0 radical (unpaired) electrons. The molecule has 0 aliphatic heterocycles. The number of ether oxygens (including phenoxy) is 2. The quantitative estimate of drug-likeness (QED) is 0.726. The van der Waals surface area contributed by atoms with Crippen LogP contribution in [0.15, 0.2) is 4.47 Å². The maximum atomic E-state index is 6.24. The van der Waals surface area contributed by atoms with Crippen LogP contribution in [0.1, 0.15) is 51.0 Å². The molecular weight excluding hydrogens is 356 g/mol. The highest BCUT2D eigenvalue weighted by molar-refractivity contribution is 9.10. The molecule has 1 aliphatic carbocycles. The second-order valence-corrected chi connectivity index (χ2v) is 7.55. The fourth-order valence-corrected chi connectivity index (χ4v) is 3.23. The molecule has 0 atom stereocenters. The van der Waals surface area contributed by atoms with Gasteiger partial charge >= 0.3 is 0 Å². The van der Waals surface area contributed by atoms with Gasteiger partial charge in [-0.05, 0) is 47.0 Å². The van der Waals surface area contributed by atoms with E-state index in [9.17, 15) is 0 Å². The molecule has 0 spiro atoms. The van der Waals surface area contributed by atoms with Crippen molar-refractivity contribution in [1.82, 2.24) is 9.97 Å². The van der Waals surface area contributed by atoms with Gasteiger partial charge in [-0.15, -0.1) is 0 Å². The third-order valence-electron chi connectivity index (χ3n) is 4.37. The molecule has 2 rings (SSSR count). The molecule has 21 heavy (non-hydrogen) atoms. The van der Waals surface area contributed by atoms with Gasteiger partial charge in [0.05, 0.1) is 16.8 Å². The van der Waals surface area contributed by atoms with Gasteiger partial charge in [0.1, 0.15) is 10.8 Å². The average molecular weight is 378 g/mol. The molecule has 1 heterocycles. The lowest BCUT2D eigenvalue weighted by atomic mass is 9.70. The largest absolute Gasteiger partial charge is 0.378 e. The van der Waals surface area contributed by atoms with Crippen LogP contribution in [0.2, 0.25) is 5.15 Å². The first kappa shape index (κ1) is 17.1. The molecule has 118 valence electrons. The minimum absolute atomic E-state index is 0.344. The Balaban J connectivity index is 2.39. The Morgan fingerprint density at radius 2 is 1.76 bits per heavy atom. The summed E-state index contributed by atoms with van der Waals surface area (Å²) in [6, 6.07) is 0. The first-order valence-corrected chi connectivity index (χ1v) is 8.27. The molecule has 0 aromatic carbocycles. The van der Waals surface area contributed by atoms with E-state index in [4.69, 9.17) is 21.1 Å². The van der Waals surface area contributed by atoms with Crippen molar-refractivity contribution >= 4 is 27.5 Å². The van der Waals surface area contributed by atoms with Gasteiger partial charge in [-0.2, -0.15) is 0 Å². The van der Waals surface area contributed by atoms with Crippen molar-refractivity contribution in [2.24, 2.45) is 5.41 Å². The summed E-state index contributed by atoms with van der Waals surface area (Å²) >= 11 is 9.66. The third kappa shape index (κ3) is 3.58. The minimum atomic E-state index is -0.442. The van der Waals surface area contributed by atoms with E-state index in [1.54, 1.807) is 14.2 Å². The summed E-state index contributed by atoms with van der Waals surface area (Å²) in [5, 5.41) is 0.410. The van der Waals surface area contributed by atoms with Crippen molar-refractivity contribution in [3.05, 3.63) is 21.1 Å². The molecule has 1 aliphatic rings. The Kier molecular flexibility index (Phi) is 5.29. The monoisotopic (exact) mass is 376 g/mol. The molecular formula is C15H22BrClN2O2. The highest BCUT2D eigenvalue weighted by Crippen LogP contribution is 2.46. The van der Waals surface area contributed by atoms with Gasteiger partial charge in [0.2, 0.25) is 0 Å². The van der Waals surface area contributed by atoms with Crippen LogP contribution in [0.25, 0.3) is 0 Å². The zero-order valence-electron chi connectivity index (χ0n) is 13.0. The predicted octanol–water partition coefficient (Wildman–Crippen LogP) is 4.48. The summed E-state index contributed by atoms with van der Waals surface area (Å²) in [4.78, 5) is 9.10. The molecule has 6 heteroatoms. The predicted molar refractivity (Wildman–Crippen MR) is 86.4 cm³/mol. The highest BCUT2D eigenvalue weighted by Gasteiger charge is 2.42. The first-order valence-electron chi connectivity index (χ1n) is 7.10. The van der Waals surface area contributed by atoms with Crippen LogP contribution >= 0.6 is 27.5 Å². The minimum Gasteiger partial charge on any atom is -0.378 e. The molecule has 0 unspecified atom stereocenters.